The smallest absolute Gasteiger partial charge is 0.240 e. The van der Waals surface area contributed by atoms with Crippen molar-refractivity contribution in [2.45, 2.75) is 31.8 Å². The van der Waals surface area contributed by atoms with Gasteiger partial charge in [-0.3, -0.25) is 9.69 Å². The molecule has 0 aliphatic carbocycles. The van der Waals surface area contributed by atoms with Crippen LogP contribution < -0.4 is 0 Å². The van der Waals surface area contributed by atoms with Crippen molar-refractivity contribution in [3.8, 4) is 0 Å². The third-order valence-electron chi connectivity index (χ3n) is 5.35. The van der Waals surface area contributed by atoms with Gasteiger partial charge in [-0.2, -0.15) is 0 Å². The number of likely N-dealkylation sites (N-methyl/N-ethyl adjacent to an activating group) is 1. The molecule has 1 aromatic carbocycles. The van der Waals surface area contributed by atoms with Crippen molar-refractivity contribution < 1.29 is 9.18 Å². The monoisotopic (exact) mass is 315 g/mol. The number of piperidine rings is 3. The van der Waals surface area contributed by atoms with E-state index in [0.717, 1.165) is 42.0 Å². The first-order valence-corrected chi connectivity index (χ1v) is 8.36. The minimum atomic E-state index is -0.237. The van der Waals surface area contributed by atoms with E-state index in [1.54, 1.807) is 11.0 Å². The van der Waals surface area contributed by atoms with Gasteiger partial charge in [-0.25, -0.2) is 4.39 Å². The second kappa shape index (κ2) is 5.64. The van der Waals surface area contributed by atoms with E-state index in [2.05, 4.69) is 9.88 Å². The lowest BCUT2D eigenvalue weighted by Gasteiger charge is -2.45. The van der Waals surface area contributed by atoms with Gasteiger partial charge in [0.25, 0.3) is 0 Å². The van der Waals surface area contributed by atoms with Gasteiger partial charge in [-0.1, -0.05) is 0 Å². The maximum atomic E-state index is 13.3. The van der Waals surface area contributed by atoms with E-state index in [0.29, 0.717) is 6.54 Å². The van der Waals surface area contributed by atoms with Crippen molar-refractivity contribution in [2.75, 3.05) is 20.1 Å². The van der Waals surface area contributed by atoms with Crippen LogP contribution in [0.5, 0.6) is 0 Å². The highest BCUT2D eigenvalue weighted by Crippen LogP contribution is 2.32. The summed E-state index contributed by atoms with van der Waals surface area (Å²) < 4.78 is 13.3. The summed E-state index contributed by atoms with van der Waals surface area (Å²) in [6, 6.07) is 6.68. The molecule has 1 amide bonds. The fourth-order valence-corrected chi connectivity index (χ4v) is 4.06. The first kappa shape index (κ1) is 14.7. The van der Waals surface area contributed by atoms with Crippen LogP contribution in [0.4, 0.5) is 4.39 Å². The van der Waals surface area contributed by atoms with Gasteiger partial charge < -0.3 is 9.88 Å². The summed E-state index contributed by atoms with van der Waals surface area (Å²) in [5, 5.41) is 0.848. The number of H-pyrrole nitrogens is 1. The first-order chi connectivity index (χ1) is 11.1. The van der Waals surface area contributed by atoms with Crippen LogP contribution in [0.1, 0.15) is 25.0 Å². The molecule has 5 heteroatoms. The molecule has 23 heavy (non-hydrogen) atoms. The number of aromatic amines is 1. The topological polar surface area (TPSA) is 39.3 Å². The number of rotatable bonds is 3. The number of benzene rings is 1. The molecule has 1 N–H and O–H groups in total. The summed E-state index contributed by atoms with van der Waals surface area (Å²) in [5.74, 6) is 0.691. The predicted octanol–water partition coefficient (Wildman–Crippen LogP) is 2.75. The van der Waals surface area contributed by atoms with E-state index in [1.165, 1.54) is 25.0 Å². The first-order valence-electron chi connectivity index (χ1n) is 8.36. The lowest BCUT2D eigenvalue weighted by Crippen LogP contribution is -2.55. The molecule has 0 spiro atoms. The number of nitrogens with zero attached hydrogens (tertiary/aromatic N) is 2. The molecule has 3 fully saturated rings. The normalized spacial score (nSPS) is 26.6. The average Bonchev–Trinajstić information content (AvgIpc) is 2.96. The van der Waals surface area contributed by atoms with Crippen LogP contribution in [0.3, 0.4) is 0 Å². The van der Waals surface area contributed by atoms with Crippen molar-refractivity contribution in [2.24, 2.45) is 5.92 Å². The summed E-state index contributed by atoms with van der Waals surface area (Å²) in [6.45, 7) is 2.64. The minimum absolute atomic E-state index is 0.0503. The average molecular weight is 315 g/mol. The van der Waals surface area contributed by atoms with Crippen molar-refractivity contribution >= 4 is 16.8 Å². The predicted molar refractivity (Wildman–Crippen MR) is 87.4 cm³/mol. The Labute approximate surface area is 135 Å². The number of hydrogen-bond acceptors (Lipinski definition) is 2. The molecule has 1 unspecified atom stereocenters. The van der Waals surface area contributed by atoms with Crippen LogP contribution in [0.25, 0.3) is 10.9 Å². The minimum Gasteiger partial charge on any atom is -0.357 e. The summed E-state index contributed by atoms with van der Waals surface area (Å²) in [4.78, 5) is 20.2. The summed E-state index contributed by atoms with van der Waals surface area (Å²) in [7, 11) is 1.86. The number of aromatic nitrogens is 1. The van der Waals surface area contributed by atoms with Crippen molar-refractivity contribution in [3.05, 3.63) is 35.8 Å². The van der Waals surface area contributed by atoms with E-state index >= 15 is 0 Å². The van der Waals surface area contributed by atoms with E-state index in [1.807, 2.05) is 13.1 Å². The Morgan fingerprint density at radius 2 is 2.13 bits per heavy atom. The van der Waals surface area contributed by atoms with Gasteiger partial charge in [0.2, 0.25) is 5.91 Å². The maximum absolute atomic E-state index is 13.3. The van der Waals surface area contributed by atoms with E-state index in [4.69, 9.17) is 0 Å². The third kappa shape index (κ3) is 2.74. The van der Waals surface area contributed by atoms with Crippen molar-refractivity contribution in [1.29, 1.82) is 0 Å². The molecule has 4 heterocycles. The Bertz CT molecular complexity index is 733. The van der Waals surface area contributed by atoms with Gasteiger partial charge in [-0.05, 0) is 62.5 Å². The molecule has 0 saturated carbocycles. The molecular formula is C18H22FN3O. The van der Waals surface area contributed by atoms with Crippen LogP contribution >= 0.6 is 0 Å². The number of fused-ring (bicyclic) bond motifs is 4. The van der Waals surface area contributed by atoms with Crippen LogP contribution in [-0.4, -0.2) is 46.9 Å². The lowest BCUT2D eigenvalue weighted by atomic mass is 9.83. The second-order valence-corrected chi connectivity index (χ2v) is 6.95. The zero-order valence-corrected chi connectivity index (χ0v) is 13.4. The second-order valence-electron chi connectivity index (χ2n) is 6.95. The molecule has 2 bridgehead atoms. The van der Waals surface area contributed by atoms with Crippen LogP contribution in [0.2, 0.25) is 0 Å². The Hall–Kier alpha value is -1.88. The quantitative estimate of drug-likeness (QED) is 0.946. The Kier molecular flexibility index (Phi) is 3.60. The van der Waals surface area contributed by atoms with Crippen LogP contribution in [0, 0.1) is 11.7 Å². The van der Waals surface area contributed by atoms with E-state index in [9.17, 15) is 9.18 Å². The number of amides is 1. The largest absolute Gasteiger partial charge is 0.357 e. The molecule has 1 aromatic heterocycles. The molecule has 3 saturated heterocycles. The number of hydrogen-bond donors (Lipinski definition) is 1. The van der Waals surface area contributed by atoms with Crippen molar-refractivity contribution in [3.63, 3.8) is 0 Å². The molecule has 5 rings (SSSR count). The fraction of sp³-hybridized carbons (Fsp3) is 0.500. The zero-order chi connectivity index (χ0) is 16.0. The van der Waals surface area contributed by atoms with E-state index < -0.39 is 0 Å². The van der Waals surface area contributed by atoms with E-state index in [-0.39, 0.29) is 17.8 Å². The number of carbonyl (C=O) groups excluding carboxylic acids is 1. The van der Waals surface area contributed by atoms with Crippen LogP contribution in [-0.2, 0) is 11.3 Å². The third-order valence-corrected chi connectivity index (χ3v) is 5.35. The van der Waals surface area contributed by atoms with Gasteiger partial charge in [0, 0.05) is 23.6 Å². The molecule has 4 nitrogen and oxygen atoms in total. The summed E-state index contributed by atoms with van der Waals surface area (Å²) >= 11 is 0. The molecule has 3 aliphatic rings. The van der Waals surface area contributed by atoms with Gasteiger partial charge in [0.05, 0.1) is 12.6 Å². The Morgan fingerprint density at radius 3 is 2.83 bits per heavy atom. The Balaban J connectivity index is 1.47. The molecule has 0 radical (unpaired) electrons. The fourth-order valence-electron chi connectivity index (χ4n) is 4.06. The number of nitrogens with one attached hydrogen (secondary N) is 1. The van der Waals surface area contributed by atoms with Gasteiger partial charge >= 0.3 is 0 Å². The standard InChI is InChI=1S/C18H22FN3O/c1-21(18(23)17-8-12-4-6-22(17)7-5-12)11-15-10-13-9-14(19)2-3-16(13)20-15/h2-3,9-10,12,17,20H,4-8,11H2,1H3. The highest BCUT2D eigenvalue weighted by atomic mass is 19.1. The lowest BCUT2D eigenvalue weighted by molar-refractivity contribution is -0.140. The zero-order valence-electron chi connectivity index (χ0n) is 13.4. The highest BCUT2D eigenvalue weighted by Gasteiger charge is 2.38. The van der Waals surface area contributed by atoms with Crippen molar-refractivity contribution in [1.82, 2.24) is 14.8 Å². The van der Waals surface area contributed by atoms with Gasteiger partial charge in [0.15, 0.2) is 0 Å². The Morgan fingerprint density at radius 1 is 1.35 bits per heavy atom. The van der Waals surface area contributed by atoms with Crippen LogP contribution in [0.15, 0.2) is 24.3 Å². The molecule has 1 atom stereocenters. The number of carbonyl (C=O) groups is 1. The molecule has 2 aromatic rings. The number of halogens is 1. The van der Waals surface area contributed by atoms with Gasteiger partial charge in [0.1, 0.15) is 5.82 Å². The summed E-state index contributed by atoms with van der Waals surface area (Å²) in [6.07, 6.45) is 3.48. The molecular weight excluding hydrogens is 293 g/mol. The SMILES string of the molecule is CN(Cc1cc2cc(F)ccc2[nH]1)C(=O)C1CC2CCN1CC2. The molecule has 3 aliphatic heterocycles. The van der Waals surface area contributed by atoms with Gasteiger partial charge in [-0.15, -0.1) is 0 Å². The summed E-state index contributed by atoms with van der Waals surface area (Å²) in [5.41, 5.74) is 1.85. The highest BCUT2D eigenvalue weighted by molar-refractivity contribution is 5.83. The molecule has 122 valence electrons. The maximum Gasteiger partial charge on any atom is 0.240 e.